The molecule has 14 heavy (non-hydrogen) atoms. The summed E-state index contributed by atoms with van der Waals surface area (Å²) in [5.74, 6) is 0.602. The van der Waals surface area contributed by atoms with Crippen LogP contribution in [0.15, 0.2) is 0 Å². The van der Waals surface area contributed by atoms with Crippen molar-refractivity contribution in [1.29, 1.82) is 0 Å². The van der Waals surface area contributed by atoms with Crippen LogP contribution in [0.1, 0.15) is 40.5 Å². The Kier molecular flexibility index (Phi) is 3.96. The fourth-order valence-corrected chi connectivity index (χ4v) is 1.85. The van der Waals surface area contributed by atoms with E-state index < -0.39 is 0 Å². The minimum Gasteiger partial charge on any atom is -0.326 e. The number of nitrogens with zero attached hydrogens (tertiary/aromatic N) is 1. The standard InChI is InChI=1S/C12H26N2/c1-10(2)11(13)9-14-7-5-12(3,4)6-8-14/h10-11H,5-9,13H2,1-4H3/t11-/m0/s1. The first-order chi connectivity index (χ1) is 6.41. The summed E-state index contributed by atoms with van der Waals surface area (Å²) in [6.07, 6.45) is 2.63. The molecule has 0 bridgehead atoms. The molecule has 1 saturated heterocycles. The molecule has 1 heterocycles. The van der Waals surface area contributed by atoms with Gasteiger partial charge in [-0.05, 0) is 37.3 Å². The monoisotopic (exact) mass is 198 g/mol. The lowest BCUT2D eigenvalue weighted by atomic mass is 9.82. The van der Waals surface area contributed by atoms with E-state index in [4.69, 9.17) is 5.73 Å². The highest BCUT2D eigenvalue weighted by Crippen LogP contribution is 2.29. The number of nitrogens with two attached hydrogens (primary N) is 1. The van der Waals surface area contributed by atoms with E-state index in [-0.39, 0.29) is 0 Å². The van der Waals surface area contributed by atoms with Gasteiger partial charge in [0.15, 0.2) is 0 Å². The highest BCUT2D eigenvalue weighted by atomic mass is 15.1. The molecule has 1 aliphatic heterocycles. The van der Waals surface area contributed by atoms with Gasteiger partial charge in [0, 0.05) is 12.6 Å². The van der Waals surface area contributed by atoms with Crippen LogP contribution in [0.4, 0.5) is 0 Å². The molecule has 0 aromatic carbocycles. The zero-order chi connectivity index (χ0) is 10.8. The van der Waals surface area contributed by atoms with Crippen LogP contribution >= 0.6 is 0 Å². The van der Waals surface area contributed by atoms with Gasteiger partial charge in [0.05, 0.1) is 0 Å². The molecule has 2 heteroatoms. The molecule has 2 N–H and O–H groups in total. The van der Waals surface area contributed by atoms with E-state index in [9.17, 15) is 0 Å². The Morgan fingerprint density at radius 2 is 1.71 bits per heavy atom. The Morgan fingerprint density at radius 1 is 1.21 bits per heavy atom. The second kappa shape index (κ2) is 4.63. The smallest absolute Gasteiger partial charge is 0.0191 e. The molecule has 2 nitrogen and oxygen atoms in total. The Morgan fingerprint density at radius 3 is 2.14 bits per heavy atom. The quantitative estimate of drug-likeness (QED) is 0.752. The Bertz CT molecular complexity index is 165. The highest BCUT2D eigenvalue weighted by molar-refractivity contribution is 4.81. The average Bonchev–Trinajstić information content (AvgIpc) is 2.08. The average molecular weight is 198 g/mol. The van der Waals surface area contributed by atoms with Crippen molar-refractivity contribution in [3.05, 3.63) is 0 Å². The third-order valence-corrected chi connectivity index (χ3v) is 3.53. The Balaban J connectivity index is 2.29. The van der Waals surface area contributed by atoms with Crippen molar-refractivity contribution in [3.63, 3.8) is 0 Å². The molecule has 0 saturated carbocycles. The van der Waals surface area contributed by atoms with Crippen molar-refractivity contribution < 1.29 is 0 Å². The third kappa shape index (κ3) is 3.58. The number of hydrogen-bond acceptors (Lipinski definition) is 2. The van der Waals surface area contributed by atoms with Crippen LogP contribution < -0.4 is 5.73 Å². The predicted octanol–water partition coefficient (Wildman–Crippen LogP) is 2.09. The first kappa shape index (κ1) is 12.0. The lowest BCUT2D eigenvalue weighted by Gasteiger charge is -2.38. The minimum atomic E-state index is 0.344. The van der Waals surface area contributed by atoms with E-state index in [1.165, 1.54) is 25.9 Å². The van der Waals surface area contributed by atoms with Gasteiger partial charge in [0.25, 0.3) is 0 Å². The van der Waals surface area contributed by atoms with Gasteiger partial charge in [0.2, 0.25) is 0 Å². The molecule has 0 unspecified atom stereocenters. The van der Waals surface area contributed by atoms with E-state index in [2.05, 4.69) is 32.6 Å². The number of piperidine rings is 1. The van der Waals surface area contributed by atoms with Crippen LogP contribution in [0.3, 0.4) is 0 Å². The zero-order valence-corrected chi connectivity index (χ0v) is 10.2. The van der Waals surface area contributed by atoms with Gasteiger partial charge >= 0.3 is 0 Å². The fourth-order valence-electron chi connectivity index (χ4n) is 1.85. The van der Waals surface area contributed by atoms with Gasteiger partial charge in [-0.2, -0.15) is 0 Å². The molecule has 1 fully saturated rings. The molecule has 1 rings (SSSR count). The van der Waals surface area contributed by atoms with Crippen LogP contribution in [-0.2, 0) is 0 Å². The van der Waals surface area contributed by atoms with Crippen molar-refractivity contribution in [1.82, 2.24) is 4.90 Å². The second-order valence-corrected chi connectivity index (χ2v) is 5.87. The van der Waals surface area contributed by atoms with Crippen molar-refractivity contribution in [2.45, 2.75) is 46.6 Å². The third-order valence-electron chi connectivity index (χ3n) is 3.53. The molecular weight excluding hydrogens is 172 g/mol. The first-order valence-corrected chi connectivity index (χ1v) is 5.89. The highest BCUT2D eigenvalue weighted by Gasteiger charge is 2.26. The maximum absolute atomic E-state index is 6.07. The van der Waals surface area contributed by atoms with E-state index in [0.29, 0.717) is 17.4 Å². The lowest BCUT2D eigenvalue weighted by molar-refractivity contribution is 0.121. The largest absolute Gasteiger partial charge is 0.326 e. The SMILES string of the molecule is CC(C)[C@@H](N)CN1CCC(C)(C)CC1. The van der Waals surface area contributed by atoms with Crippen LogP contribution in [0, 0.1) is 11.3 Å². The summed E-state index contributed by atoms with van der Waals surface area (Å²) in [7, 11) is 0. The van der Waals surface area contributed by atoms with Crippen molar-refractivity contribution >= 4 is 0 Å². The zero-order valence-electron chi connectivity index (χ0n) is 10.2. The summed E-state index contributed by atoms with van der Waals surface area (Å²) in [5, 5.41) is 0. The first-order valence-electron chi connectivity index (χ1n) is 5.89. The number of hydrogen-bond donors (Lipinski definition) is 1. The van der Waals surface area contributed by atoms with Crippen LogP contribution in [0.25, 0.3) is 0 Å². The van der Waals surface area contributed by atoms with E-state index in [1.807, 2.05) is 0 Å². The molecule has 84 valence electrons. The minimum absolute atomic E-state index is 0.344. The van der Waals surface area contributed by atoms with Crippen molar-refractivity contribution in [2.75, 3.05) is 19.6 Å². The van der Waals surface area contributed by atoms with Crippen LogP contribution in [0.5, 0.6) is 0 Å². The molecule has 0 aliphatic carbocycles. The fraction of sp³-hybridized carbons (Fsp3) is 1.00. The Hall–Kier alpha value is -0.0800. The predicted molar refractivity (Wildman–Crippen MR) is 62.3 cm³/mol. The summed E-state index contributed by atoms with van der Waals surface area (Å²) in [4.78, 5) is 2.52. The molecule has 0 amide bonds. The van der Waals surface area contributed by atoms with Gasteiger partial charge in [0.1, 0.15) is 0 Å². The molecule has 1 atom stereocenters. The molecular formula is C12H26N2. The van der Waals surface area contributed by atoms with Crippen molar-refractivity contribution in [2.24, 2.45) is 17.1 Å². The summed E-state index contributed by atoms with van der Waals surface area (Å²) in [6.45, 7) is 12.7. The maximum atomic E-state index is 6.07. The summed E-state index contributed by atoms with van der Waals surface area (Å²) in [5.41, 5.74) is 6.63. The van der Waals surface area contributed by atoms with Crippen molar-refractivity contribution in [3.8, 4) is 0 Å². The van der Waals surface area contributed by atoms with Gasteiger partial charge in [-0.3, -0.25) is 0 Å². The molecule has 0 aromatic heterocycles. The normalized spacial score (nSPS) is 25.3. The lowest BCUT2D eigenvalue weighted by Crippen LogP contribution is -2.45. The number of rotatable bonds is 3. The molecule has 0 aromatic rings. The topological polar surface area (TPSA) is 29.3 Å². The summed E-state index contributed by atoms with van der Waals surface area (Å²) < 4.78 is 0. The van der Waals surface area contributed by atoms with Crippen LogP contribution in [0.2, 0.25) is 0 Å². The van der Waals surface area contributed by atoms with Gasteiger partial charge in [-0.25, -0.2) is 0 Å². The second-order valence-electron chi connectivity index (χ2n) is 5.87. The van der Waals surface area contributed by atoms with Gasteiger partial charge in [-0.1, -0.05) is 27.7 Å². The van der Waals surface area contributed by atoms with Gasteiger partial charge in [-0.15, -0.1) is 0 Å². The molecule has 1 aliphatic rings. The Labute approximate surface area is 88.8 Å². The number of likely N-dealkylation sites (tertiary alicyclic amines) is 1. The van der Waals surface area contributed by atoms with E-state index >= 15 is 0 Å². The van der Waals surface area contributed by atoms with Crippen LogP contribution in [-0.4, -0.2) is 30.6 Å². The molecule has 0 spiro atoms. The van der Waals surface area contributed by atoms with Gasteiger partial charge < -0.3 is 10.6 Å². The maximum Gasteiger partial charge on any atom is 0.0191 e. The summed E-state index contributed by atoms with van der Waals surface area (Å²) >= 11 is 0. The molecule has 0 radical (unpaired) electrons. The summed E-state index contributed by atoms with van der Waals surface area (Å²) in [6, 6.07) is 0.344. The van der Waals surface area contributed by atoms with E-state index in [0.717, 1.165) is 6.54 Å². The van der Waals surface area contributed by atoms with E-state index in [1.54, 1.807) is 0 Å².